The number of imide groups is 1. The molecule has 0 saturated carbocycles. The van der Waals surface area contributed by atoms with Gasteiger partial charge >= 0.3 is 12.2 Å². The standard InChI is InChI=1S/C24H29NO6/c1-2-3-4-11-16-21(31-24(28)30-18-20-14-9-6-10-15-20)22(26)25-23(27)29-17-19-12-7-5-8-13-19/h5-10,12-15,21H,2-4,11,16-18H2,1H3,(H,25,26,27)/t21-/m1/s1. The molecule has 7 heteroatoms. The summed E-state index contributed by atoms with van der Waals surface area (Å²) in [6.07, 6.45) is 0.903. The SMILES string of the molecule is CCCCCC[C@@H](OC(=O)OCc1ccccc1)C(=O)NC(=O)OCc1ccccc1. The van der Waals surface area contributed by atoms with Gasteiger partial charge < -0.3 is 14.2 Å². The molecule has 0 saturated heterocycles. The molecule has 1 atom stereocenters. The average Bonchev–Trinajstić information content (AvgIpc) is 2.79. The lowest BCUT2D eigenvalue weighted by Gasteiger charge is -2.17. The molecule has 1 N–H and O–H groups in total. The number of carbonyl (C=O) groups is 3. The number of rotatable bonds is 11. The molecule has 2 rings (SSSR count). The molecule has 0 heterocycles. The summed E-state index contributed by atoms with van der Waals surface area (Å²) in [5.41, 5.74) is 1.59. The van der Waals surface area contributed by atoms with Crippen molar-refractivity contribution < 1.29 is 28.6 Å². The molecule has 0 radical (unpaired) electrons. The molecule has 0 unspecified atom stereocenters. The summed E-state index contributed by atoms with van der Waals surface area (Å²) in [5.74, 6) is -0.730. The van der Waals surface area contributed by atoms with Crippen molar-refractivity contribution in [3.63, 3.8) is 0 Å². The van der Waals surface area contributed by atoms with Crippen LogP contribution in [0, 0.1) is 0 Å². The highest BCUT2D eigenvalue weighted by Gasteiger charge is 2.25. The first-order valence-electron chi connectivity index (χ1n) is 10.5. The van der Waals surface area contributed by atoms with Gasteiger partial charge in [-0.3, -0.25) is 10.1 Å². The van der Waals surface area contributed by atoms with E-state index in [1.54, 1.807) is 12.1 Å². The molecule has 0 fully saturated rings. The number of carbonyl (C=O) groups excluding carboxylic acids is 3. The highest BCUT2D eigenvalue weighted by atomic mass is 16.7. The van der Waals surface area contributed by atoms with Gasteiger partial charge in [0.15, 0.2) is 6.10 Å². The highest BCUT2D eigenvalue weighted by Crippen LogP contribution is 2.11. The Labute approximate surface area is 182 Å². The number of alkyl carbamates (subject to hydrolysis) is 1. The van der Waals surface area contributed by atoms with E-state index in [9.17, 15) is 14.4 Å². The summed E-state index contributed by atoms with van der Waals surface area (Å²) in [7, 11) is 0. The van der Waals surface area contributed by atoms with Crippen molar-refractivity contribution in [2.75, 3.05) is 0 Å². The maximum atomic E-state index is 12.5. The lowest BCUT2D eigenvalue weighted by Crippen LogP contribution is -2.41. The Hall–Kier alpha value is -3.35. The molecule has 7 nitrogen and oxygen atoms in total. The number of benzene rings is 2. The molecule has 0 aliphatic rings. The van der Waals surface area contributed by atoms with E-state index in [0.717, 1.165) is 30.4 Å². The Morgan fingerprint density at radius 1 is 0.806 bits per heavy atom. The minimum atomic E-state index is -1.13. The maximum absolute atomic E-state index is 12.5. The second-order valence-corrected chi connectivity index (χ2v) is 7.03. The fourth-order valence-electron chi connectivity index (χ4n) is 2.81. The van der Waals surface area contributed by atoms with Crippen molar-refractivity contribution in [3.05, 3.63) is 71.8 Å². The molecule has 0 bridgehead atoms. The third kappa shape index (κ3) is 9.80. The molecule has 0 aliphatic carbocycles. The van der Waals surface area contributed by atoms with Crippen molar-refractivity contribution >= 4 is 18.2 Å². The quantitative estimate of drug-likeness (QED) is 0.395. The average molecular weight is 427 g/mol. The van der Waals surface area contributed by atoms with Gasteiger partial charge in [0.1, 0.15) is 13.2 Å². The van der Waals surface area contributed by atoms with Crippen LogP contribution in [0.3, 0.4) is 0 Å². The number of hydrogen-bond donors (Lipinski definition) is 1. The predicted octanol–water partition coefficient (Wildman–Crippen LogP) is 5.13. The zero-order valence-corrected chi connectivity index (χ0v) is 17.8. The number of nitrogens with one attached hydrogen (secondary N) is 1. The van der Waals surface area contributed by atoms with Crippen LogP contribution in [0.2, 0.25) is 0 Å². The van der Waals surface area contributed by atoms with Crippen molar-refractivity contribution in [1.29, 1.82) is 0 Å². The Morgan fingerprint density at radius 3 is 1.97 bits per heavy atom. The largest absolute Gasteiger partial charge is 0.509 e. The van der Waals surface area contributed by atoms with Crippen LogP contribution in [0.15, 0.2) is 60.7 Å². The first kappa shape index (κ1) is 23.9. The molecule has 166 valence electrons. The van der Waals surface area contributed by atoms with Gasteiger partial charge in [-0.25, -0.2) is 9.59 Å². The number of ether oxygens (including phenoxy) is 3. The number of unbranched alkanes of at least 4 members (excludes halogenated alkanes) is 3. The van der Waals surface area contributed by atoms with Crippen LogP contribution in [0.4, 0.5) is 9.59 Å². The van der Waals surface area contributed by atoms with E-state index >= 15 is 0 Å². The van der Waals surface area contributed by atoms with Gasteiger partial charge in [0.25, 0.3) is 5.91 Å². The fraction of sp³-hybridized carbons (Fsp3) is 0.375. The summed E-state index contributed by atoms with van der Waals surface area (Å²) in [5, 5.41) is 2.14. The Balaban J connectivity index is 1.84. The van der Waals surface area contributed by atoms with E-state index in [0.29, 0.717) is 6.42 Å². The van der Waals surface area contributed by atoms with Crippen LogP contribution in [-0.2, 0) is 32.2 Å². The molecule has 2 aromatic carbocycles. The first-order chi connectivity index (χ1) is 15.1. The van der Waals surface area contributed by atoms with Gasteiger partial charge in [-0.15, -0.1) is 0 Å². The third-order valence-corrected chi connectivity index (χ3v) is 4.49. The van der Waals surface area contributed by atoms with Crippen molar-refractivity contribution in [3.8, 4) is 0 Å². The summed E-state index contributed by atoms with van der Waals surface area (Å²) < 4.78 is 15.3. The Morgan fingerprint density at radius 2 is 1.39 bits per heavy atom. The van der Waals surface area contributed by atoms with E-state index < -0.39 is 24.3 Å². The maximum Gasteiger partial charge on any atom is 0.509 e. The molecular formula is C24H29NO6. The van der Waals surface area contributed by atoms with Crippen molar-refractivity contribution in [2.24, 2.45) is 0 Å². The highest BCUT2D eigenvalue weighted by molar-refractivity contribution is 5.95. The Bertz CT molecular complexity index is 809. The molecule has 0 spiro atoms. The molecule has 0 aliphatic heterocycles. The van der Waals surface area contributed by atoms with Crippen LogP contribution in [-0.4, -0.2) is 24.3 Å². The summed E-state index contributed by atoms with van der Waals surface area (Å²) in [6, 6.07) is 18.2. The summed E-state index contributed by atoms with van der Waals surface area (Å²) in [4.78, 5) is 36.5. The van der Waals surface area contributed by atoms with Crippen LogP contribution in [0.1, 0.15) is 50.2 Å². The zero-order valence-electron chi connectivity index (χ0n) is 17.8. The fourth-order valence-corrected chi connectivity index (χ4v) is 2.81. The monoisotopic (exact) mass is 427 g/mol. The number of amides is 2. The van der Waals surface area contributed by atoms with Gasteiger partial charge in [0.05, 0.1) is 0 Å². The van der Waals surface area contributed by atoms with Crippen LogP contribution >= 0.6 is 0 Å². The van der Waals surface area contributed by atoms with Crippen LogP contribution < -0.4 is 5.32 Å². The van der Waals surface area contributed by atoms with Crippen LogP contribution in [0.25, 0.3) is 0 Å². The first-order valence-corrected chi connectivity index (χ1v) is 10.5. The lowest BCUT2D eigenvalue weighted by atomic mass is 10.1. The lowest BCUT2D eigenvalue weighted by molar-refractivity contribution is -0.130. The molecule has 2 amide bonds. The normalized spacial score (nSPS) is 11.3. The minimum Gasteiger partial charge on any atom is -0.444 e. The molecule has 2 aromatic rings. The van der Waals surface area contributed by atoms with E-state index in [4.69, 9.17) is 14.2 Å². The second-order valence-electron chi connectivity index (χ2n) is 7.03. The summed E-state index contributed by atoms with van der Waals surface area (Å²) in [6.45, 7) is 2.13. The minimum absolute atomic E-state index is 0.0289. The van der Waals surface area contributed by atoms with E-state index in [1.807, 2.05) is 48.5 Å². The second kappa shape index (κ2) is 13.8. The molecule has 0 aromatic heterocycles. The predicted molar refractivity (Wildman–Crippen MR) is 115 cm³/mol. The van der Waals surface area contributed by atoms with Gasteiger partial charge in [-0.2, -0.15) is 0 Å². The molecular weight excluding hydrogens is 398 g/mol. The van der Waals surface area contributed by atoms with Gasteiger partial charge in [0.2, 0.25) is 0 Å². The van der Waals surface area contributed by atoms with Gasteiger partial charge in [-0.1, -0.05) is 86.8 Å². The van der Waals surface area contributed by atoms with Crippen molar-refractivity contribution in [1.82, 2.24) is 5.32 Å². The molecule has 31 heavy (non-hydrogen) atoms. The van der Waals surface area contributed by atoms with E-state index in [2.05, 4.69) is 12.2 Å². The number of hydrogen-bond acceptors (Lipinski definition) is 6. The van der Waals surface area contributed by atoms with Gasteiger partial charge in [0, 0.05) is 0 Å². The third-order valence-electron chi connectivity index (χ3n) is 4.49. The van der Waals surface area contributed by atoms with Crippen molar-refractivity contribution in [2.45, 2.75) is 58.3 Å². The summed E-state index contributed by atoms with van der Waals surface area (Å²) >= 11 is 0. The topological polar surface area (TPSA) is 90.9 Å². The van der Waals surface area contributed by atoms with E-state index in [-0.39, 0.29) is 19.6 Å². The van der Waals surface area contributed by atoms with E-state index in [1.165, 1.54) is 0 Å². The zero-order chi connectivity index (χ0) is 22.3. The Kier molecular flexibility index (Phi) is 10.6. The van der Waals surface area contributed by atoms with Gasteiger partial charge in [-0.05, 0) is 24.0 Å². The smallest absolute Gasteiger partial charge is 0.444 e. The van der Waals surface area contributed by atoms with Crippen LogP contribution in [0.5, 0.6) is 0 Å².